The van der Waals surface area contributed by atoms with Crippen molar-refractivity contribution in [2.24, 2.45) is 0 Å². The van der Waals surface area contributed by atoms with Crippen LogP contribution in [0.2, 0.25) is 0 Å². The fraction of sp³-hybridized carbons (Fsp3) is 0.417. The van der Waals surface area contributed by atoms with Crippen molar-refractivity contribution in [1.29, 1.82) is 0 Å². The molecule has 0 radical (unpaired) electrons. The molecule has 0 bridgehead atoms. The molecule has 1 aromatic carbocycles. The van der Waals surface area contributed by atoms with E-state index < -0.39 is 12.0 Å². The van der Waals surface area contributed by atoms with Crippen LogP contribution in [0.1, 0.15) is 16.8 Å². The molecule has 2 N–H and O–H groups in total. The molecule has 5 heteroatoms. The summed E-state index contributed by atoms with van der Waals surface area (Å²) in [6.45, 7) is 0.0683. The van der Waals surface area contributed by atoms with Crippen LogP contribution in [-0.4, -0.2) is 31.0 Å². The number of benzene rings is 1. The molecule has 0 aliphatic carbocycles. The molecule has 3 nitrogen and oxygen atoms in total. The lowest BCUT2D eigenvalue weighted by Gasteiger charge is -2.30. The fourth-order valence-corrected chi connectivity index (χ4v) is 1.89. The van der Waals surface area contributed by atoms with Crippen LogP contribution >= 0.6 is 0 Å². The molecule has 17 heavy (non-hydrogen) atoms. The first-order valence-corrected chi connectivity index (χ1v) is 5.51. The summed E-state index contributed by atoms with van der Waals surface area (Å²) < 4.78 is 26.2. The Labute approximate surface area is 98.2 Å². The van der Waals surface area contributed by atoms with Gasteiger partial charge in [0, 0.05) is 24.6 Å². The minimum absolute atomic E-state index is 0.307. The van der Waals surface area contributed by atoms with E-state index >= 15 is 0 Å². The fourth-order valence-electron chi connectivity index (χ4n) is 1.89. The molecule has 1 aliphatic rings. The van der Waals surface area contributed by atoms with Gasteiger partial charge in [0.05, 0.1) is 6.54 Å². The number of hydrogen-bond acceptors (Lipinski definition) is 2. The normalized spacial score (nSPS) is 23.1. The van der Waals surface area contributed by atoms with E-state index in [2.05, 4.69) is 10.6 Å². The van der Waals surface area contributed by atoms with Crippen LogP contribution in [0.4, 0.5) is 8.78 Å². The predicted octanol–water partition coefficient (Wildman–Crippen LogP) is 1.41. The van der Waals surface area contributed by atoms with Gasteiger partial charge in [-0.3, -0.25) is 4.79 Å². The monoisotopic (exact) mass is 240 g/mol. The van der Waals surface area contributed by atoms with Crippen molar-refractivity contribution >= 4 is 5.91 Å². The molecule has 1 aromatic rings. The number of piperidine rings is 1. The van der Waals surface area contributed by atoms with Gasteiger partial charge < -0.3 is 10.6 Å². The van der Waals surface area contributed by atoms with E-state index in [-0.39, 0.29) is 18.9 Å². The highest BCUT2D eigenvalue weighted by Gasteiger charge is 2.36. The standard InChI is InChI=1S/C12H14F2N2O/c13-12(14)6-10(7-15-8-12)16-11(17)9-4-2-1-3-5-9/h1-5,10,15H,6-8H2,(H,16,17)/t10-/m1/s1. The van der Waals surface area contributed by atoms with Crippen molar-refractivity contribution in [1.82, 2.24) is 10.6 Å². The van der Waals surface area contributed by atoms with Crippen LogP contribution < -0.4 is 10.6 Å². The van der Waals surface area contributed by atoms with Gasteiger partial charge in [0.2, 0.25) is 0 Å². The Hall–Kier alpha value is -1.49. The van der Waals surface area contributed by atoms with Crippen LogP contribution in [0.5, 0.6) is 0 Å². The van der Waals surface area contributed by atoms with E-state index in [0.29, 0.717) is 12.1 Å². The topological polar surface area (TPSA) is 41.1 Å². The van der Waals surface area contributed by atoms with Gasteiger partial charge in [0.25, 0.3) is 11.8 Å². The Morgan fingerprint density at radius 3 is 2.71 bits per heavy atom. The number of rotatable bonds is 2. The van der Waals surface area contributed by atoms with Gasteiger partial charge in [-0.1, -0.05) is 18.2 Å². The molecule has 1 atom stereocenters. The van der Waals surface area contributed by atoms with E-state index in [1.165, 1.54) is 0 Å². The molecule has 1 aliphatic heterocycles. The SMILES string of the molecule is O=C(N[C@H]1CNCC(F)(F)C1)c1ccccc1. The second kappa shape index (κ2) is 4.79. The molecule has 1 saturated heterocycles. The lowest BCUT2D eigenvalue weighted by molar-refractivity contribution is -0.0301. The molecule has 1 heterocycles. The van der Waals surface area contributed by atoms with Crippen molar-refractivity contribution in [2.75, 3.05) is 13.1 Å². The summed E-state index contributed by atoms with van der Waals surface area (Å²) in [4.78, 5) is 11.7. The molecule has 2 rings (SSSR count). The van der Waals surface area contributed by atoms with Gasteiger partial charge in [0.1, 0.15) is 0 Å². The van der Waals surface area contributed by atoms with Crippen LogP contribution in [0.15, 0.2) is 30.3 Å². The number of carbonyl (C=O) groups is 1. The maximum absolute atomic E-state index is 13.1. The van der Waals surface area contributed by atoms with Crippen molar-refractivity contribution in [3.8, 4) is 0 Å². The maximum Gasteiger partial charge on any atom is 0.262 e. The van der Waals surface area contributed by atoms with E-state index in [4.69, 9.17) is 0 Å². The van der Waals surface area contributed by atoms with Gasteiger partial charge in [-0.25, -0.2) is 8.78 Å². The first kappa shape index (κ1) is 12.0. The van der Waals surface area contributed by atoms with Crippen molar-refractivity contribution in [2.45, 2.75) is 18.4 Å². The summed E-state index contributed by atoms with van der Waals surface area (Å²) in [6, 6.07) is 8.07. The van der Waals surface area contributed by atoms with Gasteiger partial charge in [0.15, 0.2) is 0 Å². The Kier molecular flexibility index (Phi) is 3.38. The van der Waals surface area contributed by atoms with Crippen LogP contribution in [-0.2, 0) is 0 Å². The Bertz CT molecular complexity index is 395. The van der Waals surface area contributed by atoms with Crippen molar-refractivity contribution in [3.05, 3.63) is 35.9 Å². The van der Waals surface area contributed by atoms with Crippen LogP contribution in [0, 0.1) is 0 Å². The number of nitrogens with one attached hydrogen (secondary N) is 2. The summed E-state index contributed by atoms with van der Waals surface area (Å²) in [5, 5.41) is 5.23. The summed E-state index contributed by atoms with van der Waals surface area (Å²) in [5.41, 5.74) is 0.487. The first-order valence-electron chi connectivity index (χ1n) is 5.51. The third-order valence-corrected chi connectivity index (χ3v) is 2.69. The van der Waals surface area contributed by atoms with Crippen LogP contribution in [0.3, 0.4) is 0 Å². The molecule has 1 fully saturated rings. The molecular weight excluding hydrogens is 226 g/mol. The largest absolute Gasteiger partial charge is 0.348 e. The Morgan fingerprint density at radius 2 is 2.06 bits per heavy atom. The van der Waals surface area contributed by atoms with Crippen LogP contribution in [0.25, 0.3) is 0 Å². The number of hydrogen-bond donors (Lipinski definition) is 2. The highest BCUT2D eigenvalue weighted by atomic mass is 19.3. The highest BCUT2D eigenvalue weighted by molar-refractivity contribution is 5.94. The van der Waals surface area contributed by atoms with E-state index in [9.17, 15) is 13.6 Å². The summed E-state index contributed by atoms with van der Waals surface area (Å²) in [5.74, 6) is -3.05. The summed E-state index contributed by atoms with van der Waals surface area (Å²) in [7, 11) is 0. The maximum atomic E-state index is 13.1. The molecule has 0 saturated carbocycles. The quantitative estimate of drug-likeness (QED) is 0.820. The number of carbonyl (C=O) groups excluding carboxylic acids is 1. The average molecular weight is 240 g/mol. The molecule has 0 spiro atoms. The van der Waals surface area contributed by atoms with Crippen molar-refractivity contribution < 1.29 is 13.6 Å². The van der Waals surface area contributed by atoms with Gasteiger partial charge in [-0.05, 0) is 12.1 Å². The minimum atomic E-state index is -2.74. The summed E-state index contributed by atoms with van der Waals surface area (Å²) >= 11 is 0. The third kappa shape index (κ3) is 3.23. The lowest BCUT2D eigenvalue weighted by atomic mass is 10.0. The second-order valence-electron chi connectivity index (χ2n) is 4.23. The Morgan fingerprint density at radius 1 is 1.35 bits per heavy atom. The molecule has 1 amide bonds. The van der Waals surface area contributed by atoms with Crippen molar-refractivity contribution in [3.63, 3.8) is 0 Å². The zero-order valence-corrected chi connectivity index (χ0v) is 9.25. The van der Waals surface area contributed by atoms with Gasteiger partial charge >= 0.3 is 0 Å². The predicted molar refractivity (Wildman–Crippen MR) is 60.1 cm³/mol. The number of amides is 1. The number of halogens is 2. The third-order valence-electron chi connectivity index (χ3n) is 2.69. The highest BCUT2D eigenvalue weighted by Crippen LogP contribution is 2.22. The lowest BCUT2D eigenvalue weighted by Crippen LogP contribution is -2.53. The van der Waals surface area contributed by atoms with Gasteiger partial charge in [-0.15, -0.1) is 0 Å². The van der Waals surface area contributed by atoms with E-state index in [1.807, 2.05) is 0 Å². The zero-order valence-electron chi connectivity index (χ0n) is 9.25. The smallest absolute Gasteiger partial charge is 0.262 e. The van der Waals surface area contributed by atoms with Gasteiger partial charge in [-0.2, -0.15) is 0 Å². The minimum Gasteiger partial charge on any atom is -0.348 e. The van der Waals surface area contributed by atoms with E-state index in [1.54, 1.807) is 30.3 Å². The summed E-state index contributed by atoms with van der Waals surface area (Å²) in [6.07, 6.45) is -0.307. The molecule has 0 aromatic heterocycles. The van der Waals surface area contributed by atoms with E-state index in [0.717, 1.165) is 0 Å². The first-order chi connectivity index (χ1) is 8.07. The number of alkyl halides is 2. The molecule has 92 valence electrons. The second-order valence-corrected chi connectivity index (χ2v) is 4.23. The zero-order chi connectivity index (χ0) is 12.3. The molecular formula is C12H14F2N2O. The average Bonchev–Trinajstić information content (AvgIpc) is 2.29. The molecule has 0 unspecified atom stereocenters. The Balaban J connectivity index is 1.95.